The van der Waals surface area contributed by atoms with Crippen LogP contribution in [-0.2, 0) is 11.3 Å². The van der Waals surface area contributed by atoms with Gasteiger partial charge in [0.05, 0.1) is 25.4 Å². The molecule has 0 spiro atoms. The predicted molar refractivity (Wildman–Crippen MR) is 84.5 cm³/mol. The third kappa shape index (κ3) is 6.42. The molecule has 0 bridgehead atoms. The number of nitrogens with zero attached hydrogens (tertiary/aromatic N) is 2. The van der Waals surface area contributed by atoms with Crippen molar-refractivity contribution < 1.29 is 14.9 Å². The molecule has 1 aromatic rings. The largest absolute Gasteiger partial charge is 0.392 e. The van der Waals surface area contributed by atoms with Crippen LogP contribution in [-0.4, -0.2) is 78.1 Å². The van der Waals surface area contributed by atoms with E-state index < -0.39 is 6.10 Å². The molecule has 1 aliphatic rings. The average molecular weight is 314 g/mol. The summed E-state index contributed by atoms with van der Waals surface area (Å²) in [4.78, 5) is 5.72. The summed E-state index contributed by atoms with van der Waals surface area (Å²) in [6, 6.07) is 4.05. The molecule has 1 aliphatic heterocycles. The topological polar surface area (TPSA) is 56.2 Å². The summed E-state index contributed by atoms with van der Waals surface area (Å²) in [5.74, 6) is 0. The molecule has 0 aromatic carbocycles. The molecule has 0 radical (unpaired) electrons. The van der Waals surface area contributed by atoms with Crippen LogP contribution in [0.25, 0.3) is 0 Å². The van der Waals surface area contributed by atoms with E-state index >= 15 is 0 Å². The maximum atomic E-state index is 10.0. The Balaban J connectivity index is 1.57. The van der Waals surface area contributed by atoms with Gasteiger partial charge in [-0.2, -0.15) is 0 Å². The summed E-state index contributed by atoms with van der Waals surface area (Å²) in [5.41, 5.74) is 0. The van der Waals surface area contributed by atoms with Crippen molar-refractivity contribution in [3.05, 3.63) is 22.4 Å². The van der Waals surface area contributed by atoms with E-state index in [2.05, 4.69) is 9.80 Å². The second-order valence-corrected chi connectivity index (χ2v) is 6.73. The van der Waals surface area contributed by atoms with Crippen molar-refractivity contribution in [1.29, 1.82) is 0 Å². The van der Waals surface area contributed by atoms with Crippen molar-refractivity contribution in [3.8, 4) is 0 Å². The first-order valence-electron chi connectivity index (χ1n) is 7.54. The summed E-state index contributed by atoms with van der Waals surface area (Å²) in [7, 11) is 0. The van der Waals surface area contributed by atoms with Crippen LogP contribution < -0.4 is 0 Å². The second kappa shape index (κ2) is 8.82. The van der Waals surface area contributed by atoms with Crippen LogP contribution in [0.15, 0.2) is 17.5 Å². The minimum atomic E-state index is -0.437. The summed E-state index contributed by atoms with van der Waals surface area (Å²) in [5, 5.41) is 21.4. The Hall–Kier alpha value is -0.500. The van der Waals surface area contributed by atoms with Crippen LogP contribution >= 0.6 is 11.3 Å². The van der Waals surface area contributed by atoms with Gasteiger partial charge in [0.2, 0.25) is 0 Å². The normalized spacial score (nSPS) is 20.5. The first-order chi connectivity index (χ1) is 10.1. The van der Waals surface area contributed by atoms with E-state index in [9.17, 15) is 10.2 Å². The zero-order valence-corrected chi connectivity index (χ0v) is 13.5. The van der Waals surface area contributed by atoms with Gasteiger partial charge in [-0.05, 0) is 18.4 Å². The molecule has 0 saturated carbocycles. The first kappa shape index (κ1) is 16.9. The molecule has 1 fully saturated rings. The highest BCUT2D eigenvalue weighted by Gasteiger charge is 2.19. The highest BCUT2D eigenvalue weighted by molar-refractivity contribution is 7.09. The van der Waals surface area contributed by atoms with Crippen molar-refractivity contribution in [1.82, 2.24) is 9.80 Å². The summed E-state index contributed by atoms with van der Waals surface area (Å²) in [6.07, 6.45) is -0.707. The molecule has 2 heterocycles. The Morgan fingerprint density at radius 1 is 1.19 bits per heavy atom. The third-order valence-electron chi connectivity index (χ3n) is 3.59. The molecule has 6 heteroatoms. The number of piperazine rings is 1. The van der Waals surface area contributed by atoms with Crippen LogP contribution in [0.5, 0.6) is 0 Å². The van der Waals surface area contributed by atoms with E-state index in [1.807, 2.05) is 24.4 Å². The van der Waals surface area contributed by atoms with Crippen molar-refractivity contribution >= 4 is 11.3 Å². The maximum Gasteiger partial charge on any atom is 0.0900 e. The number of ether oxygens (including phenoxy) is 1. The summed E-state index contributed by atoms with van der Waals surface area (Å²) < 4.78 is 5.55. The second-order valence-electron chi connectivity index (χ2n) is 5.70. The molecule has 21 heavy (non-hydrogen) atoms. The summed E-state index contributed by atoms with van der Waals surface area (Å²) in [6.45, 7) is 7.96. The van der Waals surface area contributed by atoms with Gasteiger partial charge in [-0.1, -0.05) is 6.07 Å². The van der Waals surface area contributed by atoms with Crippen LogP contribution in [0.2, 0.25) is 0 Å². The van der Waals surface area contributed by atoms with Crippen molar-refractivity contribution in [2.75, 3.05) is 45.9 Å². The van der Waals surface area contributed by atoms with Gasteiger partial charge in [-0.15, -0.1) is 11.3 Å². The summed E-state index contributed by atoms with van der Waals surface area (Å²) >= 11 is 1.67. The Labute approximate surface area is 130 Å². The lowest BCUT2D eigenvalue weighted by Gasteiger charge is -2.36. The van der Waals surface area contributed by atoms with E-state index in [-0.39, 0.29) is 6.10 Å². The fraction of sp³-hybridized carbons (Fsp3) is 0.733. The van der Waals surface area contributed by atoms with E-state index in [1.165, 1.54) is 4.88 Å². The monoisotopic (exact) mass is 314 g/mol. The van der Waals surface area contributed by atoms with Crippen molar-refractivity contribution in [3.63, 3.8) is 0 Å². The van der Waals surface area contributed by atoms with E-state index in [0.29, 0.717) is 19.8 Å². The zero-order valence-electron chi connectivity index (χ0n) is 12.6. The van der Waals surface area contributed by atoms with E-state index in [0.717, 1.165) is 32.7 Å². The highest BCUT2D eigenvalue weighted by atomic mass is 32.1. The SMILES string of the molecule is C[C@H](O)CN1CCN(C[C@@H](O)COCc2cccs2)CC1. The molecule has 2 atom stereocenters. The van der Waals surface area contributed by atoms with Crippen LogP contribution in [0.3, 0.4) is 0 Å². The Morgan fingerprint density at radius 3 is 2.43 bits per heavy atom. The van der Waals surface area contributed by atoms with E-state index in [1.54, 1.807) is 11.3 Å². The minimum absolute atomic E-state index is 0.271. The third-order valence-corrected chi connectivity index (χ3v) is 4.44. The molecule has 2 N–H and O–H groups in total. The number of β-amino-alcohol motifs (C(OH)–C–C–N with tert-alkyl or cyclic N) is 2. The molecule has 2 rings (SSSR count). The molecular formula is C15H26N2O3S. The molecule has 1 aromatic heterocycles. The van der Waals surface area contributed by atoms with Gasteiger partial charge in [-0.3, -0.25) is 9.80 Å². The fourth-order valence-corrected chi connectivity index (χ4v) is 3.21. The van der Waals surface area contributed by atoms with Crippen LogP contribution in [0.1, 0.15) is 11.8 Å². The van der Waals surface area contributed by atoms with Gasteiger partial charge in [0.1, 0.15) is 0 Å². The number of rotatable bonds is 8. The van der Waals surface area contributed by atoms with Crippen molar-refractivity contribution in [2.45, 2.75) is 25.7 Å². The average Bonchev–Trinajstić information content (AvgIpc) is 2.93. The molecule has 1 saturated heterocycles. The van der Waals surface area contributed by atoms with Crippen LogP contribution in [0, 0.1) is 0 Å². The molecule has 0 unspecified atom stereocenters. The predicted octanol–water partition coefficient (Wildman–Crippen LogP) is 0.624. The molecule has 120 valence electrons. The first-order valence-corrected chi connectivity index (χ1v) is 8.42. The molecule has 0 aliphatic carbocycles. The van der Waals surface area contributed by atoms with Gasteiger partial charge >= 0.3 is 0 Å². The van der Waals surface area contributed by atoms with Gasteiger partial charge in [0.15, 0.2) is 0 Å². The Morgan fingerprint density at radius 2 is 1.86 bits per heavy atom. The lowest BCUT2D eigenvalue weighted by Crippen LogP contribution is -2.50. The van der Waals surface area contributed by atoms with Gasteiger partial charge in [0, 0.05) is 44.1 Å². The smallest absolute Gasteiger partial charge is 0.0900 e. The number of thiophene rings is 1. The number of hydrogen-bond donors (Lipinski definition) is 2. The van der Waals surface area contributed by atoms with Gasteiger partial charge in [0.25, 0.3) is 0 Å². The lowest BCUT2D eigenvalue weighted by molar-refractivity contribution is -0.000814. The standard InChI is InChI=1S/C15H26N2O3S/c1-13(18)9-16-4-6-17(7-5-16)10-14(19)11-20-12-15-3-2-8-21-15/h2-3,8,13-14,18-19H,4-7,9-12H2,1H3/t13-,14+/m0/s1. The number of aliphatic hydroxyl groups is 2. The molecule has 5 nitrogen and oxygen atoms in total. The Kier molecular flexibility index (Phi) is 7.09. The van der Waals surface area contributed by atoms with Gasteiger partial charge < -0.3 is 14.9 Å². The Bertz CT molecular complexity index is 378. The minimum Gasteiger partial charge on any atom is -0.392 e. The molecule has 0 amide bonds. The molecular weight excluding hydrogens is 288 g/mol. The quantitative estimate of drug-likeness (QED) is 0.737. The number of aliphatic hydroxyl groups excluding tert-OH is 2. The van der Waals surface area contributed by atoms with Crippen LogP contribution in [0.4, 0.5) is 0 Å². The van der Waals surface area contributed by atoms with E-state index in [4.69, 9.17) is 4.74 Å². The van der Waals surface area contributed by atoms with Gasteiger partial charge in [-0.25, -0.2) is 0 Å². The van der Waals surface area contributed by atoms with Crippen molar-refractivity contribution in [2.24, 2.45) is 0 Å². The lowest BCUT2D eigenvalue weighted by atomic mass is 10.2. The maximum absolute atomic E-state index is 10.0. The number of hydrogen-bond acceptors (Lipinski definition) is 6. The highest BCUT2D eigenvalue weighted by Crippen LogP contribution is 2.10. The fourth-order valence-electron chi connectivity index (χ4n) is 2.57. The zero-order chi connectivity index (χ0) is 15.1.